The van der Waals surface area contributed by atoms with Crippen molar-refractivity contribution in [2.75, 3.05) is 31.1 Å². The van der Waals surface area contributed by atoms with Gasteiger partial charge in [-0.15, -0.1) is 0 Å². The van der Waals surface area contributed by atoms with Gasteiger partial charge in [-0.25, -0.2) is 9.78 Å². The summed E-state index contributed by atoms with van der Waals surface area (Å²) in [7, 11) is 0. The minimum Gasteiger partial charge on any atom is -0.487 e. The monoisotopic (exact) mass is 235 g/mol. The summed E-state index contributed by atoms with van der Waals surface area (Å²) in [4.78, 5) is 18.8. The zero-order valence-electron chi connectivity index (χ0n) is 9.24. The Morgan fingerprint density at radius 3 is 3.24 bits per heavy atom. The number of nitrogens with zero attached hydrogens (tertiary/aromatic N) is 3. The summed E-state index contributed by atoms with van der Waals surface area (Å²) in [5.74, 6) is 1.61. The minimum atomic E-state index is -0.864. The van der Waals surface area contributed by atoms with Crippen molar-refractivity contribution in [1.82, 2.24) is 9.88 Å². The summed E-state index contributed by atoms with van der Waals surface area (Å²) >= 11 is 0. The minimum absolute atomic E-state index is 0.0715. The molecule has 1 amide bonds. The van der Waals surface area contributed by atoms with Gasteiger partial charge in [0.05, 0.1) is 6.04 Å². The van der Waals surface area contributed by atoms with Crippen LogP contribution < -0.4 is 9.64 Å². The first-order chi connectivity index (χ1) is 8.25. The summed E-state index contributed by atoms with van der Waals surface area (Å²) in [6, 6.07) is 3.80. The van der Waals surface area contributed by atoms with Gasteiger partial charge in [0.1, 0.15) is 6.61 Å². The molecule has 0 saturated carbocycles. The van der Waals surface area contributed by atoms with Crippen LogP contribution in [0.15, 0.2) is 18.3 Å². The zero-order valence-corrected chi connectivity index (χ0v) is 9.24. The maximum absolute atomic E-state index is 10.9. The fourth-order valence-corrected chi connectivity index (χ4v) is 2.35. The summed E-state index contributed by atoms with van der Waals surface area (Å²) in [6.07, 6.45) is 0.866. The Bertz CT molecular complexity index is 451. The molecule has 1 aromatic rings. The molecule has 90 valence electrons. The molecule has 1 aromatic heterocycles. The standard InChI is InChI=1S/C11H13N3O3/c15-11(16)13-4-5-14-8(6-13)7-17-9-2-1-3-12-10(9)14/h1-3,8H,4-7H2,(H,15,16). The molecule has 1 fully saturated rings. The molecule has 6 heteroatoms. The highest BCUT2D eigenvalue weighted by molar-refractivity contribution is 5.66. The van der Waals surface area contributed by atoms with Crippen LogP contribution in [0.4, 0.5) is 10.6 Å². The van der Waals surface area contributed by atoms with E-state index < -0.39 is 6.09 Å². The summed E-state index contributed by atoms with van der Waals surface area (Å²) in [6.45, 7) is 2.18. The molecule has 1 unspecified atom stereocenters. The fourth-order valence-electron chi connectivity index (χ4n) is 2.35. The van der Waals surface area contributed by atoms with Gasteiger partial charge in [-0.05, 0) is 12.1 Å². The molecule has 0 spiro atoms. The van der Waals surface area contributed by atoms with Crippen LogP contribution in [-0.2, 0) is 0 Å². The van der Waals surface area contributed by atoms with Gasteiger partial charge in [0.2, 0.25) is 0 Å². The maximum atomic E-state index is 10.9. The topological polar surface area (TPSA) is 65.9 Å². The number of carboxylic acid groups (broad SMARTS) is 1. The summed E-state index contributed by atoms with van der Waals surface area (Å²) in [5.41, 5.74) is 0. The molecule has 1 atom stereocenters. The number of pyridine rings is 1. The summed E-state index contributed by atoms with van der Waals surface area (Å²) in [5, 5.41) is 8.97. The van der Waals surface area contributed by atoms with E-state index in [0.717, 1.165) is 11.6 Å². The molecule has 0 radical (unpaired) electrons. The number of hydrogen-bond donors (Lipinski definition) is 1. The van der Waals surface area contributed by atoms with E-state index in [1.807, 2.05) is 12.1 Å². The van der Waals surface area contributed by atoms with Crippen molar-refractivity contribution in [3.05, 3.63) is 18.3 Å². The normalized spacial score (nSPS) is 22.5. The van der Waals surface area contributed by atoms with Crippen LogP contribution in [0.3, 0.4) is 0 Å². The number of rotatable bonds is 0. The second-order valence-electron chi connectivity index (χ2n) is 4.21. The Labute approximate surface area is 98.4 Å². The average molecular weight is 235 g/mol. The number of aromatic nitrogens is 1. The predicted molar refractivity (Wildman–Crippen MR) is 60.5 cm³/mol. The van der Waals surface area contributed by atoms with Crippen molar-refractivity contribution >= 4 is 11.9 Å². The molecule has 3 heterocycles. The second-order valence-corrected chi connectivity index (χ2v) is 4.21. The van der Waals surface area contributed by atoms with E-state index in [-0.39, 0.29) is 6.04 Å². The van der Waals surface area contributed by atoms with E-state index in [0.29, 0.717) is 26.2 Å². The third-order valence-corrected chi connectivity index (χ3v) is 3.21. The highest BCUT2D eigenvalue weighted by Gasteiger charge is 2.35. The molecule has 2 aliphatic heterocycles. The van der Waals surface area contributed by atoms with Crippen LogP contribution in [0.25, 0.3) is 0 Å². The molecule has 2 aliphatic rings. The number of hydrogen-bond acceptors (Lipinski definition) is 4. The van der Waals surface area contributed by atoms with Gasteiger partial charge in [0.25, 0.3) is 0 Å². The smallest absolute Gasteiger partial charge is 0.407 e. The maximum Gasteiger partial charge on any atom is 0.407 e. The number of anilines is 1. The average Bonchev–Trinajstić information content (AvgIpc) is 2.38. The second kappa shape index (κ2) is 3.80. The summed E-state index contributed by atoms with van der Waals surface area (Å²) < 4.78 is 5.60. The van der Waals surface area contributed by atoms with Crippen molar-refractivity contribution in [2.24, 2.45) is 0 Å². The lowest BCUT2D eigenvalue weighted by Gasteiger charge is -2.43. The number of amides is 1. The van der Waals surface area contributed by atoms with Gasteiger partial charge in [0.15, 0.2) is 11.6 Å². The van der Waals surface area contributed by atoms with Gasteiger partial charge in [-0.3, -0.25) is 0 Å². The van der Waals surface area contributed by atoms with Gasteiger partial charge >= 0.3 is 6.09 Å². The largest absolute Gasteiger partial charge is 0.487 e. The lowest BCUT2D eigenvalue weighted by atomic mass is 10.1. The Morgan fingerprint density at radius 1 is 1.53 bits per heavy atom. The molecule has 1 saturated heterocycles. The third kappa shape index (κ3) is 1.65. The molecule has 1 N–H and O–H groups in total. The lowest BCUT2D eigenvalue weighted by molar-refractivity contribution is 0.122. The molecule has 0 aromatic carbocycles. The molecule has 17 heavy (non-hydrogen) atoms. The highest BCUT2D eigenvalue weighted by Crippen LogP contribution is 2.32. The van der Waals surface area contributed by atoms with Crippen molar-refractivity contribution in [1.29, 1.82) is 0 Å². The van der Waals surface area contributed by atoms with Crippen molar-refractivity contribution in [3.63, 3.8) is 0 Å². The first-order valence-electron chi connectivity index (χ1n) is 5.58. The van der Waals surface area contributed by atoms with Gasteiger partial charge < -0.3 is 19.6 Å². The molecular formula is C11H13N3O3. The van der Waals surface area contributed by atoms with Crippen molar-refractivity contribution in [2.45, 2.75) is 6.04 Å². The Morgan fingerprint density at radius 2 is 2.41 bits per heavy atom. The van der Waals surface area contributed by atoms with Gasteiger partial charge in [0, 0.05) is 25.8 Å². The predicted octanol–water partition coefficient (Wildman–Crippen LogP) is 0.643. The quantitative estimate of drug-likeness (QED) is 0.715. The van der Waals surface area contributed by atoms with E-state index in [1.165, 1.54) is 4.90 Å². The van der Waals surface area contributed by atoms with E-state index in [1.54, 1.807) is 6.20 Å². The third-order valence-electron chi connectivity index (χ3n) is 3.21. The SMILES string of the molecule is O=C(O)N1CCN2c3ncccc3OCC2C1. The van der Waals surface area contributed by atoms with E-state index in [2.05, 4.69) is 9.88 Å². The molecule has 3 rings (SSSR count). The van der Waals surface area contributed by atoms with Crippen LogP contribution in [0.2, 0.25) is 0 Å². The lowest BCUT2D eigenvalue weighted by Crippen LogP contribution is -2.58. The van der Waals surface area contributed by atoms with E-state index in [4.69, 9.17) is 9.84 Å². The molecular weight excluding hydrogens is 222 g/mol. The van der Waals surface area contributed by atoms with Crippen LogP contribution in [0, 0.1) is 0 Å². The number of piperazine rings is 1. The van der Waals surface area contributed by atoms with Gasteiger partial charge in [-0.2, -0.15) is 0 Å². The van der Waals surface area contributed by atoms with Crippen LogP contribution in [-0.4, -0.2) is 53.4 Å². The number of fused-ring (bicyclic) bond motifs is 3. The number of ether oxygens (including phenoxy) is 1. The van der Waals surface area contributed by atoms with E-state index in [9.17, 15) is 4.79 Å². The highest BCUT2D eigenvalue weighted by atomic mass is 16.5. The van der Waals surface area contributed by atoms with Crippen molar-refractivity contribution < 1.29 is 14.6 Å². The first kappa shape index (κ1) is 10.2. The Hall–Kier alpha value is -1.98. The molecule has 0 bridgehead atoms. The Kier molecular flexibility index (Phi) is 2.28. The molecule has 6 nitrogen and oxygen atoms in total. The van der Waals surface area contributed by atoms with Gasteiger partial charge in [-0.1, -0.05) is 0 Å². The fraction of sp³-hybridized carbons (Fsp3) is 0.455. The van der Waals surface area contributed by atoms with Crippen LogP contribution >= 0.6 is 0 Å². The van der Waals surface area contributed by atoms with Crippen LogP contribution in [0.1, 0.15) is 0 Å². The Balaban J connectivity index is 1.85. The van der Waals surface area contributed by atoms with Crippen molar-refractivity contribution in [3.8, 4) is 5.75 Å². The first-order valence-corrected chi connectivity index (χ1v) is 5.58. The van der Waals surface area contributed by atoms with Crippen LogP contribution in [0.5, 0.6) is 5.75 Å². The molecule has 0 aliphatic carbocycles. The van der Waals surface area contributed by atoms with E-state index >= 15 is 0 Å². The zero-order chi connectivity index (χ0) is 11.8. The number of carbonyl (C=O) groups is 1.